The van der Waals surface area contributed by atoms with E-state index in [1.54, 1.807) is 0 Å². The molecule has 0 radical (unpaired) electrons. The Morgan fingerprint density at radius 3 is 3.07 bits per heavy atom. The summed E-state index contributed by atoms with van der Waals surface area (Å²) in [7, 11) is 0. The lowest BCUT2D eigenvalue weighted by Crippen LogP contribution is -2.37. The van der Waals surface area contributed by atoms with Crippen LogP contribution in [-0.4, -0.2) is 19.3 Å². The molecule has 4 unspecified atom stereocenters. The fourth-order valence-corrected chi connectivity index (χ4v) is 4.25. The monoisotopic (exact) mass is 207 g/mol. The second kappa shape index (κ2) is 3.39. The molecule has 0 aromatic carbocycles. The van der Waals surface area contributed by atoms with Gasteiger partial charge in [0.05, 0.1) is 12.6 Å². The molecular weight excluding hydrogens is 190 g/mol. The van der Waals surface area contributed by atoms with Gasteiger partial charge in [-0.1, -0.05) is 11.5 Å². The van der Waals surface area contributed by atoms with E-state index in [0.717, 1.165) is 18.4 Å². The number of nitrogens with zero attached hydrogens (tertiary/aromatic N) is 3. The number of hydrogen-bond acceptors (Lipinski definition) is 2. The van der Waals surface area contributed by atoms with Crippen LogP contribution >= 0.6 is 0 Å². The summed E-state index contributed by atoms with van der Waals surface area (Å²) in [5, 5.41) is 3.71. The van der Waals surface area contributed by atoms with Gasteiger partial charge in [-0.15, -0.1) is 0 Å². The van der Waals surface area contributed by atoms with Crippen LogP contribution in [0.4, 0.5) is 0 Å². The van der Waals surface area contributed by atoms with Crippen molar-refractivity contribution in [3.05, 3.63) is 10.4 Å². The molecule has 4 heteroatoms. The zero-order valence-corrected chi connectivity index (χ0v) is 8.93. The number of ether oxygens (including phenoxy) is 1. The van der Waals surface area contributed by atoms with Crippen LogP contribution in [0.5, 0.6) is 0 Å². The Hall–Kier alpha value is -0.730. The Kier molecular flexibility index (Phi) is 2.15. The average molecular weight is 207 g/mol. The van der Waals surface area contributed by atoms with Crippen molar-refractivity contribution in [1.82, 2.24) is 0 Å². The lowest BCUT2D eigenvalue weighted by molar-refractivity contribution is 0.0242. The third-order valence-corrected chi connectivity index (χ3v) is 4.86. The molecule has 2 saturated carbocycles. The molecule has 15 heavy (non-hydrogen) atoms. The number of hydrogen-bond donors (Lipinski definition) is 0. The molecule has 1 aliphatic heterocycles. The average Bonchev–Trinajstić information content (AvgIpc) is 2.91. The molecule has 1 heterocycles. The molecule has 1 spiro atoms. The van der Waals surface area contributed by atoms with Gasteiger partial charge in [0.2, 0.25) is 0 Å². The van der Waals surface area contributed by atoms with Gasteiger partial charge in [-0.25, -0.2) is 0 Å². The van der Waals surface area contributed by atoms with E-state index in [4.69, 9.17) is 10.3 Å². The van der Waals surface area contributed by atoms with Gasteiger partial charge in [0.15, 0.2) is 0 Å². The first-order valence-corrected chi connectivity index (χ1v) is 5.97. The van der Waals surface area contributed by atoms with Crippen molar-refractivity contribution in [2.75, 3.05) is 13.2 Å². The summed E-state index contributed by atoms with van der Waals surface area (Å²) < 4.78 is 5.78. The van der Waals surface area contributed by atoms with Crippen molar-refractivity contribution in [2.24, 2.45) is 22.4 Å². The zero-order chi connectivity index (χ0) is 10.3. The zero-order valence-electron chi connectivity index (χ0n) is 8.93. The Morgan fingerprint density at radius 1 is 1.47 bits per heavy atom. The van der Waals surface area contributed by atoms with Crippen molar-refractivity contribution in [3.8, 4) is 0 Å². The molecule has 4 atom stereocenters. The normalized spacial score (nSPS) is 47.3. The minimum absolute atomic E-state index is 0.212. The Balaban J connectivity index is 1.81. The van der Waals surface area contributed by atoms with E-state index in [9.17, 15) is 0 Å². The highest BCUT2D eigenvalue weighted by Crippen LogP contribution is 2.61. The Morgan fingerprint density at radius 2 is 2.40 bits per heavy atom. The summed E-state index contributed by atoms with van der Waals surface area (Å²) in [4.78, 5) is 2.86. The predicted molar refractivity (Wildman–Crippen MR) is 56.3 cm³/mol. The van der Waals surface area contributed by atoms with Crippen LogP contribution < -0.4 is 0 Å². The molecule has 0 aromatic rings. The maximum Gasteiger partial charge on any atom is 0.0691 e. The van der Waals surface area contributed by atoms with Gasteiger partial charge in [-0.2, -0.15) is 0 Å². The fraction of sp³-hybridized carbons (Fsp3) is 1.00. The maximum atomic E-state index is 8.39. The van der Waals surface area contributed by atoms with Crippen LogP contribution in [0.15, 0.2) is 5.11 Å². The highest BCUT2D eigenvalue weighted by molar-refractivity contribution is 5.06. The van der Waals surface area contributed by atoms with Gasteiger partial charge in [0.25, 0.3) is 0 Å². The summed E-state index contributed by atoms with van der Waals surface area (Å²) in [5.41, 5.74) is 8.78. The van der Waals surface area contributed by atoms with E-state index < -0.39 is 0 Å². The highest BCUT2D eigenvalue weighted by Gasteiger charge is 2.56. The fourth-order valence-electron chi connectivity index (χ4n) is 4.25. The molecule has 3 fully saturated rings. The molecule has 2 bridgehead atoms. The van der Waals surface area contributed by atoms with E-state index in [2.05, 4.69) is 10.0 Å². The van der Waals surface area contributed by atoms with Crippen LogP contribution in [0.1, 0.15) is 32.1 Å². The van der Waals surface area contributed by atoms with Crippen molar-refractivity contribution in [2.45, 2.75) is 38.2 Å². The van der Waals surface area contributed by atoms with E-state index >= 15 is 0 Å². The molecule has 3 aliphatic rings. The molecule has 1 saturated heterocycles. The number of fused-ring (bicyclic) bond motifs is 3. The molecule has 4 nitrogen and oxygen atoms in total. The van der Waals surface area contributed by atoms with Gasteiger partial charge in [-0.3, -0.25) is 0 Å². The first-order chi connectivity index (χ1) is 7.35. The number of rotatable bonds is 2. The van der Waals surface area contributed by atoms with E-state index in [1.807, 2.05) is 0 Å². The summed E-state index contributed by atoms with van der Waals surface area (Å²) in [6.07, 6.45) is 6.92. The van der Waals surface area contributed by atoms with Crippen molar-refractivity contribution < 1.29 is 4.74 Å². The highest BCUT2D eigenvalue weighted by atomic mass is 16.5. The van der Waals surface area contributed by atoms with Crippen LogP contribution in [-0.2, 0) is 4.74 Å². The van der Waals surface area contributed by atoms with Crippen LogP contribution in [0.3, 0.4) is 0 Å². The number of azide groups is 1. The van der Waals surface area contributed by atoms with Gasteiger partial charge >= 0.3 is 0 Å². The first-order valence-electron chi connectivity index (χ1n) is 5.97. The Bertz CT molecular complexity index is 313. The SMILES string of the molecule is [N-]=[N+]=NCC1OCCC12CC1CCC2C1. The quantitative estimate of drug-likeness (QED) is 0.390. The third kappa shape index (κ3) is 1.28. The van der Waals surface area contributed by atoms with Gasteiger partial charge in [0, 0.05) is 16.9 Å². The summed E-state index contributed by atoms with van der Waals surface area (Å²) in [6.45, 7) is 1.41. The molecule has 82 valence electrons. The first kappa shape index (κ1) is 9.49. The second-order valence-electron chi connectivity index (χ2n) is 5.34. The van der Waals surface area contributed by atoms with E-state index in [1.165, 1.54) is 32.1 Å². The summed E-state index contributed by atoms with van der Waals surface area (Å²) in [6, 6.07) is 0. The van der Waals surface area contributed by atoms with E-state index in [0.29, 0.717) is 12.0 Å². The third-order valence-electron chi connectivity index (χ3n) is 4.86. The smallest absolute Gasteiger partial charge is 0.0691 e. The second-order valence-corrected chi connectivity index (χ2v) is 5.34. The van der Waals surface area contributed by atoms with Crippen LogP contribution in [0.2, 0.25) is 0 Å². The van der Waals surface area contributed by atoms with Crippen molar-refractivity contribution >= 4 is 0 Å². The van der Waals surface area contributed by atoms with Crippen LogP contribution in [0.25, 0.3) is 10.4 Å². The lowest BCUT2D eigenvalue weighted by Gasteiger charge is -2.37. The lowest BCUT2D eigenvalue weighted by atomic mass is 9.68. The molecular formula is C11H17N3O. The van der Waals surface area contributed by atoms with Gasteiger partial charge in [-0.05, 0) is 43.1 Å². The standard InChI is InChI=1S/C11H17N3O/c12-14-13-7-10-11(3-4-15-10)6-8-1-2-9(11)5-8/h8-10H,1-7H2. The molecule has 0 amide bonds. The molecule has 2 aliphatic carbocycles. The molecule has 3 rings (SSSR count). The maximum absolute atomic E-state index is 8.39. The molecule has 0 aromatic heterocycles. The minimum atomic E-state index is 0.212. The van der Waals surface area contributed by atoms with E-state index in [-0.39, 0.29) is 6.10 Å². The van der Waals surface area contributed by atoms with Crippen molar-refractivity contribution in [1.29, 1.82) is 0 Å². The Labute approximate surface area is 89.6 Å². The summed E-state index contributed by atoms with van der Waals surface area (Å²) >= 11 is 0. The minimum Gasteiger partial charge on any atom is -0.377 e. The topological polar surface area (TPSA) is 58.0 Å². The van der Waals surface area contributed by atoms with Crippen molar-refractivity contribution in [3.63, 3.8) is 0 Å². The largest absolute Gasteiger partial charge is 0.377 e. The summed E-state index contributed by atoms with van der Waals surface area (Å²) in [5.74, 6) is 1.79. The molecule has 0 N–H and O–H groups in total. The van der Waals surface area contributed by atoms with Crippen LogP contribution in [0, 0.1) is 17.3 Å². The predicted octanol–water partition coefficient (Wildman–Crippen LogP) is 2.89. The van der Waals surface area contributed by atoms with Gasteiger partial charge < -0.3 is 4.74 Å². The van der Waals surface area contributed by atoms with Gasteiger partial charge in [0.1, 0.15) is 0 Å².